The Labute approximate surface area is 172 Å². The Balaban J connectivity index is 2.00. The van der Waals surface area contributed by atoms with Gasteiger partial charge in [0.15, 0.2) is 0 Å². The third-order valence-electron chi connectivity index (χ3n) is 4.55. The van der Waals surface area contributed by atoms with Gasteiger partial charge >= 0.3 is 5.97 Å². The zero-order valence-corrected chi connectivity index (χ0v) is 16.8. The van der Waals surface area contributed by atoms with Gasteiger partial charge < -0.3 is 20.6 Å². The molecule has 1 aliphatic rings. The highest BCUT2D eigenvalue weighted by atomic mass is 35.5. The fourth-order valence-electron chi connectivity index (χ4n) is 3.13. The topological polar surface area (TPSA) is 81.7 Å². The van der Waals surface area contributed by atoms with E-state index in [4.69, 9.17) is 28.3 Å². The van der Waals surface area contributed by atoms with Gasteiger partial charge in [-0.3, -0.25) is 9.59 Å². The number of rotatable bonds is 5. The summed E-state index contributed by atoms with van der Waals surface area (Å²) in [5.74, 6) is -1.62. The van der Waals surface area contributed by atoms with Gasteiger partial charge in [0.2, 0.25) is 0 Å². The van der Waals surface area contributed by atoms with E-state index < -0.39 is 18.4 Å². The SMILES string of the molecule is Cc1c(Cl)cccc1NC1c2cccc(Cl)c2C(C(=O)NCC(=O)O)=CN1C. The minimum atomic E-state index is -1.12. The van der Waals surface area contributed by atoms with Crippen LogP contribution in [0.25, 0.3) is 5.57 Å². The Bertz CT molecular complexity index is 975. The molecular weight excluding hydrogens is 401 g/mol. The number of carbonyl (C=O) groups excluding carboxylic acids is 1. The number of carboxylic acid groups (broad SMARTS) is 1. The van der Waals surface area contributed by atoms with Gasteiger partial charge in [0, 0.05) is 40.1 Å². The van der Waals surface area contributed by atoms with Crippen LogP contribution in [0.2, 0.25) is 10.0 Å². The number of carbonyl (C=O) groups is 2. The van der Waals surface area contributed by atoms with Gasteiger partial charge in [-0.25, -0.2) is 0 Å². The zero-order chi connectivity index (χ0) is 20.4. The van der Waals surface area contributed by atoms with Crippen molar-refractivity contribution in [3.05, 3.63) is 69.3 Å². The van der Waals surface area contributed by atoms with Crippen molar-refractivity contribution in [2.75, 3.05) is 18.9 Å². The van der Waals surface area contributed by atoms with Crippen LogP contribution in [0.5, 0.6) is 0 Å². The first kappa shape index (κ1) is 20.0. The molecule has 28 heavy (non-hydrogen) atoms. The first-order valence-electron chi connectivity index (χ1n) is 8.53. The smallest absolute Gasteiger partial charge is 0.322 e. The maximum atomic E-state index is 12.6. The molecule has 1 aliphatic heterocycles. The number of nitrogens with zero attached hydrogens (tertiary/aromatic N) is 1. The van der Waals surface area contributed by atoms with E-state index in [0.717, 1.165) is 16.8 Å². The van der Waals surface area contributed by atoms with Crippen LogP contribution in [0.3, 0.4) is 0 Å². The molecule has 2 aromatic carbocycles. The molecule has 0 saturated carbocycles. The van der Waals surface area contributed by atoms with Crippen molar-refractivity contribution in [1.82, 2.24) is 10.2 Å². The summed E-state index contributed by atoms with van der Waals surface area (Å²) in [7, 11) is 1.83. The molecule has 0 spiro atoms. The quantitative estimate of drug-likeness (QED) is 0.684. The number of nitrogens with one attached hydrogen (secondary N) is 2. The Morgan fingerprint density at radius 2 is 1.82 bits per heavy atom. The summed E-state index contributed by atoms with van der Waals surface area (Å²) >= 11 is 12.6. The molecule has 3 rings (SSSR count). The van der Waals surface area contributed by atoms with Gasteiger partial charge in [0.25, 0.3) is 5.91 Å². The highest BCUT2D eigenvalue weighted by Crippen LogP contribution is 2.39. The molecule has 0 radical (unpaired) electrons. The summed E-state index contributed by atoms with van der Waals surface area (Å²) in [4.78, 5) is 25.2. The number of halogens is 2. The van der Waals surface area contributed by atoms with Crippen LogP contribution in [0, 0.1) is 6.92 Å². The summed E-state index contributed by atoms with van der Waals surface area (Å²) in [5, 5.41) is 15.7. The normalized spacial score (nSPS) is 15.5. The highest BCUT2D eigenvalue weighted by Gasteiger charge is 2.30. The average Bonchev–Trinajstić information content (AvgIpc) is 2.65. The third kappa shape index (κ3) is 3.93. The molecule has 0 aromatic heterocycles. The zero-order valence-electron chi connectivity index (χ0n) is 15.3. The molecule has 146 valence electrons. The minimum Gasteiger partial charge on any atom is -0.480 e. The second kappa shape index (κ2) is 8.12. The molecule has 0 fully saturated rings. The van der Waals surface area contributed by atoms with Crippen molar-refractivity contribution >= 4 is 46.3 Å². The Kier molecular flexibility index (Phi) is 5.82. The molecule has 1 atom stereocenters. The molecule has 1 heterocycles. The lowest BCUT2D eigenvalue weighted by Crippen LogP contribution is -2.36. The summed E-state index contributed by atoms with van der Waals surface area (Å²) in [5.41, 5.74) is 3.46. The van der Waals surface area contributed by atoms with Gasteiger partial charge in [0.05, 0.1) is 5.57 Å². The molecule has 6 nitrogen and oxygen atoms in total. The van der Waals surface area contributed by atoms with Crippen molar-refractivity contribution in [1.29, 1.82) is 0 Å². The lowest BCUT2D eigenvalue weighted by atomic mass is 9.93. The van der Waals surface area contributed by atoms with Crippen LogP contribution in [0.4, 0.5) is 5.69 Å². The predicted octanol–water partition coefficient (Wildman–Crippen LogP) is 3.90. The van der Waals surface area contributed by atoms with Crippen LogP contribution in [0.1, 0.15) is 22.9 Å². The van der Waals surface area contributed by atoms with Gasteiger partial charge in [-0.2, -0.15) is 0 Å². The summed E-state index contributed by atoms with van der Waals surface area (Å²) in [6.45, 7) is 1.45. The van der Waals surface area contributed by atoms with E-state index in [1.807, 2.05) is 49.2 Å². The number of fused-ring (bicyclic) bond motifs is 1. The number of anilines is 1. The lowest BCUT2D eigenvalue weighted by Gasteiger charge is -2.36. The van der Waals surface area contributed by atoms with E-state index in [-0.39, 0.29) is 6.17 Å². The van der Waals surface area contributed by atoms with Gasteiger partial charge in [-0.1, -0.05) is 41.4 Å². The fraction of sp³-hybridized carbons (Fsp3) is 0.200. The standard InChI is InChI=1S/C20H19Cl2N3O3/c1-11-14(21)6-4-8-16(11)24-19-12-5-3-7-15(22)18(12)13(10-25(19)2)20(28)23-9-17(26)27/h3-8,10,19,24H,9H2,1-2H3,(H,23,28)(H,26,27). The van der Waals surface area contributed by atoms with Crippen LogP contribution in [-0.2, 0) is 9.59 Å². The number of carboxylic acids is 1. The molecule has 1 unspecified atom stereocenters. The van der Waals surface area contributed by atoms with Gasteiger partial charge in [0.1, 0.15) is 12.7 Å². The molecule has 8 heteroatoms. The summed E-state index contributed by atoms with van der Waals surface area (Å²) < 4.78 is 0. The monoisotopic (exact) mass is 419 g/mol. The average molecular weight is 420 g/mol. The van der Waals surface area contributed by atoms with E-state index >= 15 is 0 Å². The first-order chi connectivity index (χ1) is 13.3. The van der Waals surface area contributed by atoms with Crippen molar-refractivity contribution in [2.24, 2.45) is 0 Å². The van der Waals surface area contributed by atoms with Gasteiger partial charge in [-0.15, -0.1) is 0 Å². The van der Waals surface area contributed by atoms with Crippen LogP contribution < -0.4 is 10.6 Å². The molecule has 0 saturated heterocycles. The highest BCUT2D eigenvalue weighted by molar-refractivity contribution is 6.35. The van der Waals surface area contributed by atoms with Crippen LogP contribution in [-0.4, -0.2) is 35.5 Å². The Hall–Kier alpha value is -2.70. The van der Waals surface area contributed by atoms with Crippen molar-refractivity contribution in [3.63, 3.8) is 0 Å². The largest absolute Gasteiger partial charge is 0.480 e. The molecular formula is C20H19Cl2N3O3. The Morgan fingerprint density at radius 3 is 2.54 bits per heavy atom. The van der Waals surface area contributed by atoms with Gasteiger partial charge in [-0.05, 0) is 30.7 Å². The third-order valence-corrected chi connectivity index (χ3v) is 5.28. The number of hydrogen-bond donors (Lipinski definition) is 3. The predicted molar refractivity (Wildman–Crippen MR) is 110 cm³/mol. The molecule has 0 aliphatic carbocycles. The summed E-state index contributed by atoms with van der Waals surface area (Å²) in [6.07, 6.45) is 1.37. The van der Waals surface area contributed by atoms with Crippen molar-refractivity contribution < 1.29 is 14.7 Å². The molecule has 0 bridgehead atoms. The lowest BCUT2D eigenvalue weighted by molar-refractivity contribution is -0.137. The maximum absolute atomic E-state index is 12.6. The Morgan fingerprint density at radius 1 is 1.14 bits per heavy atom. The molecule has 1 amide bonds. The van der Waals surface area contributed by atoms with Crippen LogP contribution >= 0.6 is 23.2 Å². The second-order valence-electron chi connectivity index (χ2n) is 6.45. The first-order valence-corrected chi connectivity index (χ1v) is 9.29. The van der Waals surface area contributed by atoms with Crippen molar-refractivity contribution in [2.45, 2.75) is 13.1 Å². The van der Waals surface area contributed by atoms with E-state index in [1.165, 1.54) is 0 Å². The second-order valence-corrected chi connectivity index (χ2v) is 7.26. The number of aliphatic carboxylic acids is 1. The summed E-state index contributed by atoms with van der Waals surface area (Å²) in [6, 6.07) is 11.0. The van der Waals surface area contributed by atoms with E-state index in [2.05, 4.69) is 10.6 Å². The van der Waals surface area contributed by atoms with E-state index in [1.54, 1.807) is 12.3 Å². The number of amides is 1. The maximum Gasteiger partial charge on any atom is 0.322 e. The molecule has 2 aromatic rings. The van der Waals surface area contributed by atoms with E-state index in [9.17, 15) is 9.59 Å². The number of benzene rings is 2. The number of hydrogen-bond acceptors (Lipinski definition) is 4. The van der Waals surface area contributed by atoms with Crippen molar-refractivity contribution in [3.8, 4) is 0 Å². The van der Waals surface area contributed by atoms with E-state index in [0.29, 0.717) is 21.2 Å². The molecule has 3 N–H and O–H groups in total. The fourth-order valence-corrected chi connectivity index (χ4v) is 3.59. The minimum absolute atomic E-state index is 0.290. The van der Waals surface area contributed by atoms with Crippen LogP contribution in [0.15, 0.2) is 42.6 Å².